The third kappa shape index (κ3) is 3.91. The molecule has 124 valence electrons. The average Bonchev–Trinajstić information content (AvgIpc) is 2.97. The SMILES string of the molecule is Cc1cccnc1NCCn1ccnc1C1CCOC(C)(C)C1. The Morgan fingerprint density at radius 1 is 1.35 bits per heavy atom. The van der Waals surface area contributed by atoms with Gasteiger partial charge in [0, 0.05) is 44.2 Å². The largest absolute Gasteiger partial charge is 0.376 e. The summed E-state index contributed by atoms with van der Waals surface area (Å²) in [7, 11) is 0. The number of ether oxygens (including phenoxy) is 1. The maximum absolute atomic E-state index is 5.83. The van der Waals surface area contributed by atoms with E-state index in [0.717, 1.165) is 38.4 Å². The monoisotopic (exact) mass is 314 g/mol. The number of aromatic nitrogens is 3. The highest BCUT2D eigenvalue weighted by atomic mass is 16.5. The zero-order valence-electron chi connectivity index (χ0n) is 14.2. The van der Waals surface area contributed by atoms with Crippen molar-refractivity contribution in [2.75, 3.05) is 18.5 Å². The van der Waals surface area contributed by atoms with Crippen molar-refractivity contribution >= 4 is 5.82 Å². The van der Waals surface area contributed by atoms with Gasteiger partial charge >= 0.3 is 0 Å². The van der Waals surface area contributed by atoms with Crippen LogP contribution in [0, 0.1) is 6.92 Å². The zero-order chi connectivity index (χ0) is 16.3. The van der Waals surface area contributed by atoms with E-state index in [4.69, 9.17) is 4.74 Å². The molecule has 3 heterocycles. The lowest BCUT2D eigenvalue weighted by Crippen LogP contribution is -2.34. The predicted molar refractivity (Wildman–Crippen MR) is 91.7 cm³/mol. The molecule has 1 aliphatic heterocycles. The first-order valence-electron chi connectivity index (χ1n) is 8.36. The van der Waals surface area contributed by atoms with Crippen LogP contribution in [0.5, 0.6) is 0 Å². The molecular formula is C18H26N4O. The van der Waals surface area contributed by atoms with Gasteiger partial charge in [-0.25, -0.2) is 9.97 Å². The van der Waals surface area contributed by atoms with Gasteiger partial charge in [-0.05, 0) is 45.2 Å². The molecule has 1 N–H and O–H groups in total. The highest BCUT2D eigenvalue weighted by Crippen LogP contribution is 2.34. The fraction of sp³-hybridized carbons (Fsp3) is 0.556. The second-order valence-corrected chi connectivity index (χ2v) is 6.87. The fourth-order valence-electron chi connectivity index (χ4n) is 3.29. The van der Waals surface area contributed by atoms with E-state index >= 15 is 0 Å². The van der Waals surface area contributed by atoms with Crippen LogP contribution in [0.1, 0.15) is 44.0 Å². The molecule has 0 radical (unpaired) electrons. The molecule has 1 fully saturated rings. The number of pyridine rings is 1. The minimum absolute atomic E-state index is 0.0526. The lowest BCUT2D eigenvalue weighted by atomic mass is 9.88. The Balaban J connectivity index is 1.62. The van der Waals surface area contributed by atoms with Crippen molar-refractivity contribution in [3.63, 3.8) is 0 Å². The molecule has 1 saturated heterocycles. The number of hydrogen-bond donors (Lipinski definition) is 1. The van der Waals surface area contributed by atoms with Gasteiger partial charge in [-0.15, -0.1) is 0 Å². The van der Waals surface area contributed by atoms with Crippen LogP contribution in [0.4, 0.5) is 5.82 Å². The summed E-state index contributed by atoms with van der Waals surface area (Å²) in [5.74, 6) is 2.62. The first kappa shape index (κ1) is 16.0. The summed E-state index contributed by atoms with van der Waals surface area (Å²) < 4.78 is 8.09. The normalized spacial score (nSPS) is 20.4. The van der Waals surface area contributed by atoms with Crippen molar-refractivity contribution in [3.8, 4) is 0 Å². The molecule has 0 aromatic carbocycles. The number of nitrogens with zero attached hydrogens (tertiary/aromatic N) is 3. The Bertz CT molecular complexity index is 650. The number of nitrogens with one attached hydrogen (secondary N) is 1. The highest BCUT2D eigenvalue weighted by molar-refractivity contribution is 5.42. The van der Waals surface area contributed by atoms with E-state index in [9.17, 15) is 0 Å². The lowest BCUT2D eigenvalue weighted by Gasteiger charge is -2.35. The third-order valence-electron chi connectivity index (χ3n) is 4.46. The molecule has 0 saturated carbocycles. The van der Waals surface area contributed by atoms with E-state index in [1.165, 1.54) is 11.4 Å². The van der Waals surface area contributed by atoms with Gasteiger partial charge in [-0.2, -0.15) is 0 Å². The topological polar surface area (TPSA) is 52.0 Å². The minimum atomic E-state index is -0.0526. The molecule has 0 aliphatic carbocycles. The Hall–Kier alpha value is -1.88. The average molecular weight is 314 g/mol. The van der Waals surface area contributed by atoms with Gasteiger partial charge in [0.25, 0.3) is 0 Å². The molecule has 0 spiro atoms. The van der Waals surface area contributed by atoms with Crippen LogP contribution in [-0.2, 0) is 11.3 Å². The zero-order valence-corrected chi connectivity index (χ0v) is 14.2. The first-order valence-corrected chi connectivity index (χ1v) is 8.36. The summed E-state index contributed by atoms with van der Waals surface area (Å²) in [5.41, 5.74) is 1.12. The fourth-order valence-corrected chi connectivity index (χ4v) is 3.29. The molecule has 2 aromatic rings. The molecule has 5 nitrogen and oxygen atoms in total. The molecule has 1 unspecified atom stereocenters. The van der Waals surface area contributed by atoms with Crippen molar-refractivity contribution in [1.29, 1.82) is 0 Å². The Morgan fingerprint density at radius 3 is 3.00 bits per heavy atom. The van der Waals surface area contributed by atoms with Gasteiger partial charge < -0.3 is 14.6 Å². The van der Waals surface area contributed by atoms with Crippen molar-refractivity contribution in [2.45, 2.75) is 51.7 Å². The molecule has 1 atom stereocenters. The quantitative estimate of drug-likeness (QED) is 0.919. The van der Waals surface area contributed by atoms with Crippen molar-refractivity contribution in [2.24, 2.45) is 0 Å². The third-order valence-corrected chi connectivity index (χ3v) is 4.46. The van der Waals surface area contributed by atoms with Gasteiger partial charge in [-0.3, -0.25) is 0 Å². The van der Waals surface area contributed by atoms with E-state index in [2.05, 4.69) is 52.9 Å². The molecule has 0 amide bonds. The van der Waals surface area contributed by atoms with Crippen LogP contribution in [0.15, 0.2) is 30.7 Å². The number of rotatable bonds is 5. The summed E-state index contributed by atoms with van der Waals surface area (Å²) in [6.45, 7) is 8.95. The van der Waals surface area contributed by atoms with E-state index in [1.54, 1.807) is 0 Å². The summed E-state index contributed by atoms with van der Waals surface area (Å²) in [6.07, 6.45) is 7.88. The van der Waals surface area contributed by atoms with Crippen LogP contribution in [0.2, 0.25) is 0 Å². The molecule has 2 aromatic heterocycles. The number of anilines is 1. The summed E-state index contributed by atoms with van der Waals surface area (Å²) in [5, 5.41) is 3.41. The van der Waals surface area contributed by atoms with Crippen molar-refractivity contribution in [1.82, 2.24) is 14.5 Å². The maximum Gasteiger partial charge on any atom is 0.128 e. The van der Waals surface area contributed by atoms with Gasteiger partial charge in [0.2, 0.25) is 0 Å². The molecule has 5 heteroatoms. The van der Waals surface area contributed by atoms with Crippen molar-refractivity contribution in [3.05, 3.63) is 42.1 Å². The molecule has 3 rings (SSSR count). The Morgan fingerprint density at radius 2 is 2.22 bits per heavy atom. The van der Waals surface area contributed by atoms with Crippen LogP contribution in [0.25, 0.3) is 0 Å². The van der Waals surface area contributed by atoms with Crippen LogP contribution in [0.3, 0.4) is 0 Å². The smallest absolute Gasteiger partial charge is 0.128 e. The molecule has 1 aliphatic rings. The highest BCUT2D eigenvalue weighted by Gasteiger charge is 2.31. The van der Waals surface area contributed by atoms with Crippen LogP contribution >= 0.6 is 0 Å². The second kappa shape index (κ2) is 6.71. The lowest BCUT2D eigenvalue weighted by molar-refractivity contribution is -0.0606. The van der Waals surface area contributed by atoms with Crippen molar-refractivity contribution < 1.29 is 4.74 Å². The molecule has 0 bridgehead atoms. The van der Waals surface area contributed by atoms with E-state index in [-0.39, 0.29) is 5.60 Å². The van der Waals surface area contributed by atoms with E-state index in [1.807, 2.05) is 18.5 Å². The van der Waals surface area contributed by atoms with Gasteiger partial charge in [0.1, 0.15) is 11.6 Å². The molecule has 23 heavy (non-hydrogen) atoms. The Kier molecular flexibility index (Phi) is 4.66. The number of aryl methyl sites for hydroxylation is 1. The summed E-state index contributed by atoms with van der Waals surface area (Å²) in [4.78, 5) is 8.99. The van der Waals surface area contributed by atoms with E-state index < -0.39 is 0 Å². The Labute approximate surface area is 138 Å². The second-order valence-electron chi connectivity index (χ2n) is 6.87. The van der Waals surface area contributed by atoms with Crippen LogP contribution in [-0.4, -0.2) is 33.3 Å². The van der Waals surface area contributed by atoms with Gasteiger partial charge in [0.15, 0.2) is 0 Å². The number of hydrogen-bond acceptors (Lipinski definition) is 4. The summed E-state index contributed by atoms with van der Waals surface area (Å²) >= 11 is 0. The van der Waals surface area contributed by atoms with Gasteiger partial charge in [-0.1, -0.05) is 6.07 Å². The first-order chi connectivity index (χ1) is 11.1. The van der Waals surface area contributed by atoms with Gasteiger partial charge in [0.05, 0.1) is 5.60 Å². The van der Waals surface area contributed by atoms with E-state index in [0.29, 0.717) is 5.92 Å². The standard InChI is InChI=1S/C18H26N4O/c1-14-5-4-7-19-16(14)20-8-10-22-11-9-21-17(22)15-6-12-23-18(2,3)13-15/h4-5,7,9,11,15H,6,8,10,12-13H2,1-3H3,(H,19,20). The van der Waals surface area contributed by atoms with Crippen LogP contribution < -0.4 is 5.32 Å². The molecular weight excluding hydrogens is 288 g/mol. The summed E-state index contributed by atoms with van der Waals surface area (Å²) in [6, 6.07) is 4.03. The minimum Gasteiger partial charge on any atom is -0.376 e. The number of imidazole rings is 1. The maximum atomic E-state index is 5.83. The predicted octanol–water partition coefficient (Wildman–Crippen LogP) is 3.37.